The van der Waals surface area contributed by atoms with E-state index in [4.69, 9.17) is 4.74 Å². The monoisotopic (exact) mass is 366 g/mol. The van der Waals surface area contributed by atoms with Gasteiger partial charge in [-0.2, -0.15) is 0 Å². The molecule has 1 fully saturated rings. The van der Waals surface area contributed by atoms with Gasteiger partial charge in [0.25, 0.3) is 5.69 Å². The van der Waals surface area contributed by atoms with Crippen LogP contribution in [0.3, 0.4) is 0 Å². The number of hydrogen-bond donors (Lipinski definition) is 1. The summed E-state index contributed by atoms with van der Waals surface area (Å²) in [5.41, 5.74) is 0.399. The number of halogens is 1. The lowest BCUT2D eigenvalue weighted by Crippen LogP contribution is -2.66. The Morgan fingerprint density at radius 3 is 2.42 bits per heavy atom. The zero-order chi connectivity index (χ0) is 19.4. The summed E-state index contributed by atoms with van der Waals surface area (Å²) in [6.07, 6.45) is -1.46. The summed E-state index contributed by atoms with van der Waals surface area (Å²) in [7, 11) is 0. The largest absolute Gasteiger partial charge is 0.460 e. The van der Waals surface area contributed by atoms with Crippen LogP contribution in [0, 0.1) is 22.0 Å². The number of carbonyl (C=O) groups is 3. The van der Waals surface area contributed by atoms with E-state index in [1.165, 1.54) is 31.2 Å². The molecule has 1 N–H and O–H groups in total. The Labute approximate surface area is 148 Å². The summed E-state index contributed by atoms with van der Waals surface area (Å²) < 4.78 is 18.7. The summed E-state index contributed by atoms with van der Waals surface area (Å²) in [6, 6.07) is 4.47. The van der Waals surface area contributed by atoms with Crippen LogP contribution in [-0.4, -0.2) is 34.8 Å². The van der Waals surface area contributed by atoms with Gasteiger partial charge >= 0.3 is 5.97 Å². The summed E-state index contributed by atoms with van der Waals surface area (Å²) in [6.45, 7) is 2.57. The molecule has 1 heterocycles. The van der Waals surface area contributed by atoms with Gasteiger partial charge in [-0.1, -0.05) is 6.92 Å². The van der Waals surface area contributed by atoms with Crippen molar-refractivity contribution in [3.05, 3.63) is 39.9 Å². The van der Waals surface area contributed by atoms with Crippen molar-refractivity contribution in [1.82, 2.24) is 5.32 Å². The van der Waals surface area contributed by atoms with Crippen molar-refractivity contribution < 1.29 is 28.4 Å². The van der Waals surface area contributed by atoms with Crippen molar-refractivity contribution in [2.45, 2.75) is 39.1 Å². The first-order valence-electron chi connectivity index (χ1n) is 8.13. The lowest BCUT2D eigenvalue weighted by Gasteiger charge is -2.40. The number of esters is 1. The molecule has 0 aliphatic carbocycles. The Morgan fingerprint density at radius 2 is 1.96 bits per heavy atom. The smallest absolute Gasteiger partial charge is 0.318 e. The molecular weight excluding hydrogens is 347 g/mol. The number of non-ortho nitro benzene ring substituents is 1. The van der Waals surface area contributed by atoms with E-state index in [9.17, 15) is 28.9 Å². The summed E-state index contributed by atoms with van der Waals surface area (Å²) in [5, 5.41) is 13.0. The Kier molecular flexibility index (Phi) is 6.01. The lowest BCUT2D eigenvalue weighted by atomic mass is 9.76. The molecule has 1 aliphatic rings. The molecule has 140 valence electrons. The highest BCUT2D eigenvalue weighted by Gasteiger charge is 2.52. The minimum atomic E-state index is -1.50. The minimum absolute atomic E-state index is 0.0387. The molecule has 0 spiro atoms. The van der Waals surface area contributed by atoms with E-state index in [1.807, 2.05) is 0 Å². The fourth-order valence-electron chi connectivity index (χ4n) is 2.86. The van der Waals surface area contributed by atoms with E-state index >= 15 is 0 Å². The first-order valence-corrected chi connectivity index (χ1v) is 8.13. The van der Waals surface area contributed by atoms with Crippen molar-refractivity contribution in [3.63, 3.8) is 0 Å². The molecule has 1 aromatic rings. The second-order valence-corrected chi connectivity index (χ2v) is 6.07. The van der Waals surface area contributed by atoms with Crippen molar-refractivity contribution in [3.8, 4) is 0 Å². The van der Waals surface area contributed by atoms with Crippen molar-refractivity contribution in [2.75, 3.05) is 0 Å². The second-order valence-electron chi connectivity index (χ2n) is 6.07. The van der Waals surface area contributed by atoms with Gasteiger partial charge in [0.2, 0.25) is 5.91 Å². The Bertz CT molecular complexity index is 718. The van der Waals surface area contributed by atoms with Crippen molar-refractivity contribution in [1.29, 1.82) is 0 Å². The molecule has 4 atom stereocenters. The van der Waals surface area contributed by atoms with Gasteiger partial charge in [0.15, 0.2) is 0 Å². The number of rotatable bonds is 8. The number of nitro groups is 1. The van der Waals surface area contributed by atoms with E-state index in [0.29, 0.717) is 5.56 Å². The third kappa shape index (κ3) is 4.04. The maximum absolute atomic E-state index is 13.6. The summed E-state index contributed by atoms with van der Waals surface area (Å²) in [5.74, 6) is -4.19. The van der Waals surface area contributed by atoms with Gasteiger partial charge in [-0.3, -0.25) is 24.5 Å². The number of nitrogens with zero attached hydrogens (tertiary/aromatic N) is 1. The molecule has 1 amide bonds. The quantitative estimate of drug-likeness (QED) is 0.246. The van der Waals surface area contributed by atoms with Crippen molar-refractivity contribution in [2.24, 2.45) is 11.8 Å². The molecule has 0 bridgehead atoms. The highest BCUT2D eigenvalue weighted by atomic mass is 19.1. The molecule has 8 nitrogen and oxygen atoms in total. The van der Waals surface area contributed by atoms with Crippen LogP contribution in [0.4, 0.5) is 10.1 Å². The van der Waals surface area contributed by atoms with Crippen molar-refractivity contribution >= 4 is 23.3 Å². The Balaban J connectivity index is 2.06. The number of nitro benzene ring substituents is 1. The first-order chi connectivity index (χ1) is 12.3. The zero-order valence-electron chi connectivity index (χ0n) is 14.3. The SMILES string of the molecule is CCC(=O)C(C(=O)OCc1ccc([N+](=O)[O-])cc1)[C@H]1NC(=O)[C@@H]1C(C)F. The van der Waals surface area contributed by atoms with Crippen LogP contribution in [0.5, 0.6) is 0 Å². The number of carbonyl (C=O) groups excluding carboxylic acids is 3. The normalized spacial score (nSPS) is 21.1. The molecule has 26 heavy (non-hydrogen) atoms. The van der Waals surface area contributed by atoms with Gasteiger partial charge in [0.05, 0.1) is 16.9 Å². The average molecular weight is 366 g/mol. The maximum atomic E-state index is 13.6. The lowest BCUT2D eigenvalue weighted by molar-refractivity contribution is -0.384. The van der Waals surface area contributed by atoms with E-state index in [0.717, 1.165) is 0 Å². The van der Waals surface area contributed by atoms with E-state index in [2.05, 4.69) is 5.32 Å². The molecule has 0 radical (unpaired) electrons. The van der Waals surface area contributed by atoms with Gasteiger partial charge in [-0.25, -0.2) is 4.39 Å². The molecule has 2 unspecified atom stereocenters. The number of alkyl halides is 1. The highest BCUT2D eigenvalue weighted by molar-refractivity contribution is 6.02. The van der Waals surface area contributed by atoms with Crippen LogP contribution in [0.25, 0.3) is 0 Å². The van der Waals surface area contributed by atoms with Crippen LogP contribution >= 0.6 is 0 Å². The molecule has 1 saturated heterocycles. The second kappa shape index (κ2) is 8.03. The molecule has 2 rings (SSSR count). The zero-order valence-corrected chi connectivity index (χ0v) is 14.3. The predicted octanol–water partition coefficient (Wildman–Crippen LogP) is 1.71. The standard InChI is InChI=1S/C17H19FN2O6/c1-3-12(21)14(15-13(9(2)18)16(22)19-15)17(23)26-8-10-4-6-11(7-5-10)20(24)25/h4-7,9,13-15H,3,8H2,1-2H3,(H,19,22)/t9?,13-,14?,15+/m1/s1. The fourth-order valence-corrected chi connectivity index (χ4v) is 2.86. The predicted molar refractivity (Wildman–Crippen MR) is 87.7 cm³/mol. The molecule has 0 saturated carbocycles. The highest BCUT2D eigenvalue weighted by Crippen LogP contribution is 2.29. The van der Waals surface area contributed by atoms with E-state index < -0.39 is 46.6 Å². The minimum Gasteiger partial charge on any atom is -0.460 e. The molecular formula is C17H19FN2O6. The number of Topliss-reactive ketones (excluding diaryl/α,β-unsaturated/α-hetero) is 1. The summed E-state index contributed by atoms with van der Waals surface area (Å²) in [4.78, 5) is 46.1. The molecule has 9 heteroatoms. The van der Waals surface area contributed by atoms with Crippen LogP contribution in [0.2, 0.25) is 0 Å². The van der Waals surface area contributed by atoms with Gasteiger partial charge in [0, 0.05) is 18.6 Å². The van der Waals surface area contributed by atoms with Crippen LogP contribution in [-0.2, 0) is 25.7 Å². The Hall–Kier alpha value is -2.84. The number of amides is 1. The molecule has 1 aromatic carbocycles. The topological polar surface area (TPSA) is 116 Å². The van der Waals surface area contributed by atoms with Gasteiger partial charge < -0.3 is 10.1 Å². The third-order valence-corrected chi connectivity index (χ3v) is 4.33. The van der Waals surface area contributed by atoms with Gasteiger partial charge in [-0.15, -0.1) is 0 Å². The summed E-state index contributed by atoms with van der Waals surface area (Å²) >= 11 is 0. The first kappa shape index (κ1) is 19.5. The average Bonchev–Trinajstić information content (AvgIpc) is 2.58. The van der Waals surface area contributed by atoms with Crippen LogP contribution < -0.4 is 5.32 Å². The maximum Gasteiger partial charge on any atom is 0.318 e. The number of ether oxygens (including phenoxy) is 1. The Morgan fingerprint density at radius 1 is 1.35 bits per heavy atom. The van der Waals surface area contributed by atoms with Gasteiger partial charge in [-0.05, 0) is 24.6 Å². The number of β-lactam (4-membered cyclic amide) rings is 1. The number of hydrogen-bond acceptors (Lipinski definition) is 6. The van der Waals surface area contributed by atoms with E-state index in [1.54, 1.807) is 6.92 Å². The fraction of sp³-hybridized carbons (Fsp3) is 0.471. The van der Waals surface area contributed by atoms with Crippen LogP contribution in [0.1, 0.15) is 25.8 Å². The number of ketones is 1. The molecule has 0 aromatic heterocycles. The van der Waals surface area contributed by atoms with Gasteiger partial charge in [0.1, 0.15) is 24.5 Å². The third-order valence-electron chi connectivity index (χ3n) is 4.33. The van der Waals surface area contributed by atoms with Crippen LogP contribution in [0.15, 0.2) is 24.3 Å². The van der Waals surface area contributed by atoms with E-state index in [-0.39, 0.29) is 18.7 Å². The number of nitrogens with one attached hydrogen (secondary N) is 1. The number of benzene rings is 1. The molecule has 1 aliphatic heterocycles.